The molecule has 0 aliphatic rings. The maximum Gasteiger partial charge on any atom is 0.251 e. The third-order valence-corrected chi connectivity index (χ3v) is 6.14. The molecular weight excluding hydrogens is 470 g/mol. The van der Waals surface area contributed by atoms with Gasteiger partial charge in [-0.1, -0.05) is 48.9 Å². The van der Waals surface area contributed by atoms with Crippen molar-refractivity contribution in [3.63, 3.8) is 0 Å². The summed E-state index contributed by atoms with van der Waals surface area (Å²) in [6, 6.07) is 18.8. The van der Waals surface area contributed by atoms with E-state index in [1.807, 2.05) is 42.5 Å². The lowest BCUT2D eigenvalue weighted by molar-refractivity contribution is 0.0932. The van der Waals surface area contributed by atoms with Gasteiger partial charge in [0.15, 0.2) is 11.6 Å². The van der Waals surface area contributed by atoms with E-state index in [4.69, 9.17) is 17.0 Å². The molecule has 1 heterocycles. The van der Waals surface area contributed by atoms with Crippen LogP contribution in [-0.2, 0) is 0 Å². The largest absolute Gasteiger partial charge is 0.342 e. The van der Waals surface area contributed by atoms with Crippen LogP contribution in [0, 0.1) is 17.0 Å². The number of carbonyl (C=O) groups is 1. The molecular formula is C27H25ClF2N4O. The number of hydrogen-bond donors (Lipinski definition) is 3. The van der Waals surface area contributed by atoms with Crippen LogP contribution < -0.4 is 5.32 Å². The fourth-order valence-corrected chi connectivity index (χ4v) is 4.04. The standard InChI is InChI=1S/C27H25ClF2N4O/c28-16-20(31)8-4-5-9-23(26-32-24-14-21(29)22(30)15-25(24)33-26)34-27(35)19-12-10-18(11-13-19)17-6-2-1-3-7-17/h1-3,6-7,10-15,23,31H,4-5,8-9,16H2,(H,32,33)(H,34,35)/t23-/m0/s1. The number of alkyl halides is 1. The summed E-state index contributed by atoms with van der Waals surface area (Å²) in [6.45, 7) is 0. The van der Waals surface area contributed by atoms with E-state index in [2.05, 4.69) is 15.3 Å². The molecule has 0 aliphatic carbocycles. The lowest BCUT2D eigenvalue weighted by Crippen LogP contribution is -2.29. The van der Waals surface area contributed by atoms with Crippen molar-refractivity contribution in [3.05, 3.63) is 89.8 Å². The van der Waals surface area contributed by atoms with Gasteiger partial charge >= 0.3 is 0 Å². The van der Waals surface area contributed by atoms with Crippen molar-refractivity contribution in [2.75, 3.05) is 5.88 Å². The highest BCUT2D eigenvalue weighted by molar-refractivity contribution is 6.28. The molecule has 3 N–H and O–H groups in total. The third-order valence-electron chi connectivity index (χ3n) is 5.81. The van der Waals surface area contributed by atoms with Crippen molar-refractivity contribution < 1.29 is 13.6 Å². The van der Waals surface area contributed by atoms with Gasteiger partial charge < -0.3 is 15.7 Å². The SMILES string of the molecule is N=C(CCl)CCCC[C@H](NC(=O)c1ccc(-c2ccccc2)cc1)c1nc2cc(F)c(F)cc2[nH]1. The summed E-state index contributed by atoms with van der Waals surface area (Å²) in [4.78, 5) is 20.5. The second-order valence-electron chi connectivity index (χ2n) is 8.36. The molecule has 4 rings (SSSR count). The molecule has 3 aromatic carbocycles. The monoisotopic (exact) mass is 494 g/mol. The number of nitrogens with zero attached hydrogens (tertiary/aromatic N) is 1. The molecule has 180 valence electrons. The Bertz CT molecular complexity index is 1280. The normalized spacial score (nSPS) is 12.0. The Morgan fingerprint density at radius 2 is 1.69 bits per heavy atom. The molecule has 0 saturated carbocycles. The smallest absolute Gasteiger partial charge is 0.251 e. The Morgan fingerprint density at radius 3 is 2.40 bits per heavy atom. The first-order valence-corrected chi connectivity index (χ1v) is 11.9. The number of rotatable bonds is 10. The predicted molar refractivity (Wildman–Crippen MR) is 135 cm³/mol. The van der Waals surface area contributed by atoms with E-state index in [-0.39, 0.29) is 17.3 Å². The van der Waals surface area contributed by atoms with E-state index < -0.39 is 17.7 Å². The van der Waals surface area contributed by atoms with Gasteiger partial charge in [0, 0.05) is 23.4 Å². The minimum Gasteiger partial charge on any atom is -0.342 e. The molecule has 0 saturated heterocycles. The average molecular weight is 495 g/mol. The van der Waals surface area contributed by atoms with Crippen LogP contribution in [-0.4, -0.2) is 27.5 Å². The highest BCUT2D eigenvalue weighted by Gasteiger charge is 2.20. The number of fused-ring (bicyclic) bond motifs is 1. The van der Waals surface area contributed by atoms with Crippen LogP contribution in [0.3, 0.4) is 0 Å². The van der Waals surface area contributed by atoms with Gasteiger partial charge in [0.25, 0.3) is 5.91 Å². The molecule has 0 bridgehead atoms. The lowest BCUT2D eigenvalue weighted by Gasteiger charge is -2.17. The van der Waals surface area contributed by atoms with Crippen LogP contribution in [0.4, 0.5) is 8.78 Å². The third kappa shape index (κ3) is 6.11. The minimum atomic E-state index is -0.978. The fraction of sp³-hybridized carbons (Fsp3) is 0.222. The first kappa shape index (κ1) is 24.5. The molecule has 0 fully saturated rings. The summed E-state index contributed by atoms with van der Waals surface area (Å²) in [5.41, 5.74) is 3.65. The lowest BCUT2D eigenvalue weighted by atomic mass is 10.0. The van der Waals surface area contributed by atoms with E-state index in [0.717, 1.165) is 29.7 Å². The first-order chi connectivity index (χ1) is 16.9. The second kappa shape index (κ2) is 11.2. The highest BCUT2D eigenvalue weighted by atomic mass is 35.5. The Balaban J connectivity index is 1.52. The van der Waals surface area contributed by atoms with Crippen LogP contribution in [0.25, 0.3) is 22.2 Å². The number of halogens is 3. The van der Waals surface area contributed by atoms with Crippen molar-refractivity contribution in [1.29, 1.82) is 5.41 Å². The molecule has 35 heavy (non-hydrogen) atoms. The number of carbonyl (C=O) groups excluding carboxylic acids is 1. The van der Waals surface area contributed by atoms with E-state index >= 15 is 0 Å². The summed E-state index contributed by atoms with van der Waals surface area (Å²) >= 11 is 5.69. The maximum absolute atomic E-state index is 13.7. The van der Waals surface area contributed by atoms with Gasteiger partial charge in [-0.25, -0.2) is 13.8 Å². The molecule has 0 spiro atoms. The van der Waals surface area contributed by atoms with Crippen molar-refractivity contribution in [2.24, 2.45) is 0 Å². The number of aromatic nitrogens is 2. The Hall–Kier alpha value is -3.58. The van der Waals surface area contributed by atoms with Crippen molar-refractivity contribution in [1.82, 2.24) is 15.3 Å². The summed E-state index contributed by atoms with van der Waals surface area (Å²) in [6.07, 6.45) is 2.54. The van der Waals surface area contributed by atoms with Crippen LogP contribution in [0.15, 0.2) is 66.7 Å². The minimum absolute atomic E-state index is 0.194. The topological polar surface area (TPSA) is 81.6 Å². The summed E-state index contributed by atoms with van der Waals surface area (Å²) in [5.74, 6) is -1.60. The molecule has 1 atom stereocenters. The van der Waals surface area contributed by atoms with E-state index in [1.165, 1.54) is 0 Å². The molecule has 5 nitrogen and oxygen atoms in total. The summed E-state index contributed by atoms with van der Waals surface area (Å²) < 4.78 is 27.4. The highest BCUT2D eigenvalue weighted by Crippen LogP contribution is 2.24. The predicted octanol–water partition coefficient (Wildman–Crippen LogP) is 6.80. The molecule has 1 aromatic heterocycles. The van der Waals surface area contributed by atoms with Gasteiger partial charge in [0.2, 0.25) is 0 Å². The Kier molecular flexibility index (Phi) is 7.87. The van der Waals surface area contributed by atoms with Gasteiger partial charge in [0.05, 0.1) is 23.0 Å². The van der Waals surface area contributed by atoms with Crippen LogP contribution in [0.5, 0.6) is 0 Å². The number of unbranched alkanes of at least 4 members (excludes halogenated alkanes) is 1. The van der Waals surface area contributed by atoms with Crippen LogP contribution >= 0.6 is 11.6 Å². The maximum atomic E-state index is 13.7. The second-order valence-corrected chi connectivity index (χ2v) is 8.63. The fourth-order valence-electron chi connectivity index (χ4n) is 3.91. The number of H-pyrrole nitrogens is 1. The van der Waals surface area contributed by atoms with E-state index in [0.29, 0.717) is 41.9 Å². The molecule has 1 amide bonds. The molecule has 0 aliphatic heterocycles. The van der Waals surface area contributed by atoms with Gasteiger partial charge in [0.1, 0.15) is 5.82 Å². The van der Waals surface area contributed by atoms with E-state index in [9.17, 15) is 13.6 Å². The van der Waals surface area contributed by atoms with Gasteiger partial charge in [-0.15, -0.1) is 11.6 Å². The zero-order valence-electron chi connectivity index (χ0n) is 19.0. The van der Waals surface area contributed by atoms with Gasteiger partial charge in [-0.05, 0) is 42.5 Å². The molecule has 0 radical (unpaired) electrons. The Morgan fingerprint density at radius 1 is 1.00 bits per heavy atom. The van der Waals surface area contributed by atoms with Gasteiger partial charge in [-0.3, -0.25) is 4.79 Å². The van der Waals surface area contributed by atoms with Crippen molar-refractivity contribution in [2.45, 2.75) is 31.7 Å². The Labute approximate surface area is 207 Å². The average Bonchev–Trinajstić information content (AvgIpc) is 3.28. The summed E-state index contributed by atoms with van der Waals surface area (Å²) in [5, 5.41) is 10.7. The van der Waals surface area contributed by atoms with Crippen molar-refractivity contribution >= 4 is 34.3 Å². The zero-order chi connectivity index (χ0) is 24.8. The quantitative estimate of drug-likeness (QED) is 0.129. The summed E-state index contributed by atoms with van der Waals surface area (Å²) in [7, 11) is 0. The number of hydrogen-bond acceptors (Lipinski definition) is 3. The van der Waals surface area contributed by atoms with Crippen molar-refractivity contribution in [3.8, 4) is 11.1 Å². The zero-order valence-corrected chi connectivity index (χ0v) is 19.7. The molecule has 4 aromatic rings. The van der Waals surface area contributed by atoms with E-state index in [1.54, 1.807) is 12.1 Å². The number of imidazole rings is 1. The van der Waals surface area contributed by atoms with Crippen LogP contribution in [0.2, 0.25) is 0 Å². The number of aromatic amines is 1. The van der Waals surface area contributed by atoms with Crippen LogP contribution in [0.1, 0.15) is 47.9 Å². The number of nitrogens with one attached hydrogen (secondary N) is 3. The number of benzene rings is 3. The van der Waals surface area contributed by atoms with Gasteiger partial charge in [-0.2, -0.15) is 0 Å². The molecule has 8 heteroatoms. The number of amides is 1. The first-order valence-electron chi connectivity index (χ1n) is 11.4. The molecule has 0 unspecified atom stereocenters.